The Morgan fingerprint density at radius 1 is 1.33 bits per heavy atom. The van der Waals surface area contributed by atoms with E-state index < -0.39 is 0 Å². The van der Waals surface area contributed by atoms with E-state index in [0.717, 1.165) is 5.56 Å². The Bertz CT molecular complexity index is 780. The number of aromatic nitrogens is 1. The highest BCUT2D eigenvalue weighted by atomic mass is 35.5. The summed E-state index contributed by atoms with van der Waals surface area (Å²) in [5.74, 6) is -0.417. The van der Waals surface area contributed by atoms with Gasteiger partial charge in [0.25, 0.3) is 0 Å². The van der Waals surface area contributed by atoms with Crippen molar-refractivity contribution >= 4 is 34.5 Å². The van der Waals surface area contributed by atoms with Gasteiger partial charge < -0.3 is 5.32 Å². The number of ketones is 2. The van der Waals surface area contributed by atoms with Crippen LogP contribution in [0.4, 0.5) is 0 Å². The van der Waals surface area contributed by atoms with Crippen molar-refractivity contribution in [1.82, 2.24) is 10.3 Å². The van der Waals surface area contributed by atoms with Crippen molar-refractivity contribution in [3.63, 3.8) is 0 Å². The molecule has 0 unspecified atom stereocenters. The van der Waals surface area contributed by atoms with Crippen LogP contribution in [0.25, 0.3) is 0 Å². The minimum Gasteiger partial charge on any atom is -0.378 e. The third kappa shape index (κ3) is 2.75. The summed E-state index contributed by atoms with van der Waals surface area (Å²) >= 11 is 7.17. The van der Waals surface area contributed by atoms with E-state index >= 15 is 0 Å². The number of carbonyl (C=O) groups excluding carboxylic acids is 2. The summed E-state index contributed by atoms with van der Waals surface area (Å²) in [6, 6.07) is 7.32. The molecule has 1 heterocycles. The molecule has 0 amide bonds. The Labute approximate surface area is 130 Å². The number of hydrogen-bond acceptors (Lipinski definition) is 5. The zero-order chi connectivity index (χ0) is 15.0. The van der Waals surface area contributed by atoms with E-state index in [-0.39, 0.29) is 23.0 Å². The number of benzene rings is 1. The van der Waals surface area contributed by atoms with Gasteiger partial charge in [0, 0.05) is 17.6 Å². The Morgan fingerprint density at radius 3 is 2.90 bits per heavy atom. The van der Waals surface area contributed by atoms with Gasteiger partial charge in [0.15, 0.2) is 5.78 Å². The topological polar surface area (TPSA) is 59.1 Å². The van der Waals surface area contributed by atoms with E-state index in [2.05, 4.69) is 10.3 Å². The predicted octanol–water partition coefficient (Wildman–Crippen LogP) is 3.16. The molecule has 1 aliphatic carbocycles. The average Bonchev–Trinajstić information content (AvgIpc) is 2.84. The summed E-state index contributed by atoms with van der Waals surface area (Å²) in [5.41, 5.74) is 1.46. The summed E-state index contributed by atoms with van der Waals surface area (Å²) in [6.07, 6.45) is 1.34. The van der Waals surface area contributed by atoms with Gasteiger partial charge in [-0.1, -0.05) is 23.7 Å². The van der Waals surface area contributed by atoms with Crippen LogP contribution in [0.5, 0.6) is 0 Å². The van der Waals surface area contributed by atoms with Crippen molar-refractivity contribution in [2.45, 2.75) is 13.5 Å². The van der Waals surface area contributed by atoms with Crippen LogP contribution in [0.3, 0.4) is 0 Å². The van der Waals surface area contributed by atoms with E-state index in [0.29, 0.717) is 21.5 Å². The number of allylic oxidation sites excluding steroid dienone is 2. The first-order valence-corrected chi connectivity index (χ1v) is 7.50. The maximum Gasteiger partial charge on any atom is 0.228 e. The smallest absolute Gasteiger partial charge is 0.228 e. The van der Waals surface area contributed by atoms with Crippen LogP contribution in [0.2, 0.25) is 5.02 Å². The lowest BCUT2D eigenvalue weighted by molar-refractivity contribution is 0.0977. The molecule has 6 heteroatoms. The number of fused-ring (bicyclic) bond motifs is 1. The third-order valence-electron chi connectivity index (χ3n) is 3.07. The number of hydrogen-bond donors (Lipinski definition) is 1. The van der Waals surface area contributed by atoms with E-state index in [1.807, 2.05) is 18.2 Å². The van der Waals surface area contributed by atoms with Gasteiger partial charge in [0.05, 0.1) is 10.7 Å². The molecule has 0 saturated heterocycles. The Morgan fingerprint density at radius 2 is 2.14 bits per heavy atom. The summed E-state index contributed by atoms with van der Waals surface area (Å²) in [5, 5.41) is 4.34. The zero-order valence-corrected chi connectivity index (χ0v) is 12.7. The second kappa shape index (κ2) is 5.42. The van der Waals surface area contributed by atoms with Crippen molar-refractivity contribution in [3.8, 4) is 0 Å². The molecule has 3 rings (SSSR count). The fourth-order valence-electron chi connectivity index (χ4n) is 2.11. The van der Waals surface area contributed by atoms with Gasteiger partial charge in [-0.3, -0.25) is 9.59 Å². The predicted molar refractivity (Wildman–Crippen MR) is 81.9 cm³/mol. The van der Waals surface area contributed by atoms with E-state index in [1.165, 1.54) is 17.4 Å². The molecule has 1 aromatic heterocycles. The normalized spacial score (nSPS) is 13.9. The van der Waals surface area contributed by atoms with Crippen molar-refractivity contribution < 1.29 is 9.59 Å². The highest BCUT2D eigenvalue weighted by Crippen LogP contribution is 2.25. The molecule has 106 valence electrons. The number of Topliss-reactive ketones (excluding diaryl/α,β-unsaturated/α-hetero) is 1. The van der Waals surface area contributed by atoms with Gasteiger partial charge in [-0.2, -0.15) is 0 Å². The quantitative estimate of drug-likeness (QED) is 0.944. The number of carbonyl (C=O) groups is 2. The van der Waals surface area contributed by atoms with Crippen LogP contribution >= 0.6 is 22.9 Å². The van der Waals surface area contributed by atoms with Crippen molar-refractivity contribution in [3.05, 3.63) is 62.2 Å². The molecule has 1 aliphatic rings. The Hall–Kier alpha value is -1.98. The molecule has 0 radical (unpaired) electrons. The lowest BCUT2D eigenvalue weighted by Crippen LogP contribution is -2.26. The summed E-state index contributed by atoms with van der Waals surface area (Å²) in [7, 11) is 0. The van der Waals surface area contributed by atoms with Gasteiger partial charge >= 0.3 is 0 Å². The summed E-state index contributed by atoms with van der Waals surface area (Å²) in [6.45, 7) is 2.20. The lowest BCUT2D eigenvalue weighted by Gasteiger charge is -2.13. The van der Waals surface area contributed by atoms with E-state index in [9.17, 15) is 9.59 Å². The third-order valence-corrected chi connectivity index (χ3v) is 4.29. The van der Waals surface area contributed by atoms with Crippen LogP contribution in [0.15, 0.2) is 36.0 Å². The number of nitrogens with zero attached hydrogens (tertiary/aromatic N) is 1. The maximum absolute atomic E-state index is 12.3. The van der Waals surface area contributed by atoms with Crippen LogP contribution in [0.1, 0.15) is 30.7 Å². The molecule has 0 fully saturated rings. The average molecular weight is 319 g/mol. The molecule has 21 heavy (non-hydrogen) atoms. The first-order valence-electron chi connectivity index (χ1n) is 6.31. The number of halogens is 1. The number of thiazole rings is 1. The molecule has 2 aromatic rings. The van der Waals surface area contributed by atoms with Gasteiger partial charge in [0.2, 0.25) is 5.78 Å². The molecule has 4 nitrogen and oxygen atoms in total. The SMILES string of the molecule is Cc1nc2c(s1)C(=O)C=C(NCc1cccc(Cl)c1)C2=O. The molecule has 0 spiro atoms. The molecular formula is C15H11ClN2O2S. The monoisotopic (exact) mass is 318 g/mol. The highest BCUT2D eigenvalue weighted by Gasteiger charge is 2.29. The molecule has 0 bridgehead atoms. The van der Waals surface area contributed by atoms with Crippen LogP contribution in [0, 0.1) is 6.92 Å². The summed E-state index contributed by atoms with van der Waals surface area (Å²) < 4.78 is 0. The Balaban J connectivity index is 1.80. The van der Waals surface area contributed by atoms with Gasteiger partial charge in [0.1, 0.15) is 10.6 Å². The highest BCUT2D eigenvalue weighted by molar-refractivity contribution is 7.14. The number of aryl methyl sites for hydroxylation is 1. The van der Waals surface area contributed by atoms with Crippen LogP contribution in [-0.2, 0) is 6.54 Å². The second-order valence-corrected chi connectivity index (χ2v) is 6.29. The van der Waals surface area contributed by atoms with Gasteiger partial charge in [-0.25, -0.2) is 4.98 Å². The Kier molecular flexibility index (Phi) is 3.61. The molecule has 0 aliphatic heterocycles. The summed E-state index contributed by atoms with van der Waals surface area (Å²) in [4.78, 5) is 28.9. The van der Waals surface area contributed by atoms with Crippen molar-refractivity contribution in [2.75, 3.05) is 0 Å². The van der Waals surface area contributed by atoms with Gasteiger partial charge in [-0.05, 0) is 24.6 Å². The second-order valence-electron chi connectivity index (χ2n) is 4.65. The van der Waals surface area contributed by atoms with Crippen LogP contribution in [-0.4, -0.2) is 16.6 Å². The molecule has 0 saturated carbocycles. The number of nitrogens with one attached hydrogen (secondary N) is 1. The fraction of sp³-hybridized carbons (Fsp3) is 0.133. The van der Waals surface area contributed by atoms with E-state index in [4.69, 9.17) is 11.6 Å². The minimum atomic E-state index is -0.240. The van der Waals surface area contributed by atoms with Crippen molar-refractivity contribution in [1.29, 1.82) is 0 Å². The number of rotatable bonds is 3. The van der Waals surface area contributed by atoms with E-state index in [1.54, 1.807) is 13.0 Å². The molecular weight excluding hydrogens is 308 g/mol. The van der Waals surface area contributed by atoms with Crippen LogP contribution < -0.4 is 5.32 Å². The minimum absolute atomic E-state index is 0.177. The largest absolute Gasteiger partial charge is 0.378 e. The lowest BCUT2D eigenvalue weighted by atomic mass is 10.0. The molecule has 0 atom stereocenters. The molecule has 1 N–H and O–H groups in total. The van der Waals surface area contributed by atoms with Gasteiger partial charge in [-0.15, -0.1) is 11.3 Å². The first-order chi connectivity index (χ1) is 10.0. The standard InChI is InChI=1S/C15H11ClN2O2S/c1-8-18-13-14(20)11(6-12(19)15(13)21-8)17-7-9-3-2-4-10(16)5-9/h2-6,17H,7H2,1H3. The van der Waals surface area contributed by atoms with Crippen molar-refractivity contribution in [2.24, 2.45) is 0 Å². The zero-order valence-electron chi connectivity index (χ0n) is 11.1. The first kappa shape index (κ1) is 14.0. The molecule has 1 aromatic carbocycles. The fourth-order valence-corrected chi connectivity index (χ4v) is 3.15. The maximum atomic E-state index is 12.3.